The third-order valence-corrected chi connectivity index (χ3v) is 3.57. The number of carbonyl (C=O) groups is 1. The number of hydrogen-bond donors (Lipinski definition) is 1. The van der Waals surface area contributed by atoms with Crippen LogP contribution in [-0.4, -0.2) is 25.7 Å². The molecule has 0 spiro atoms. The molecule has 1 N–H and O–H groups in total. The van der Waals surface area contributed by atoms with Crippen LogP contribution >= 0.6 is 0 Å². The number of halogens is 4. The highest BCUT2D eigenvalue weighted by atomic mass is 19.3. The summed E-state index contributed by atoms with van der Waals surface area (Å²) >= 11 is 0. The zero-order chi connectivity index (χ0) is 21.2. The fourth-order valence-electron chi connectivity index (χ4n) is 2.38. The molecule has 5 nitrogen and oxygen atoms in total. The van der Waals surface area contributed by atoms with Crippen LogP contribution in [0.15, 0.2) is 48.5 Å². The lowest BCUT2D eigenvalue weighted by Crippen LogP contribution is -2.20. The Morgan fingerprint density at radius 2 is 1.76 bits per heavy atom. The summed E-state index contributed by atoms with van der Waals surface area (Å²) < 4.78 is 63.7. The van der Waals surface area contributed by atoms with Crippen molar-refractivity contribution in [2.45, 2.75) is 26.7 Å². The van der Waals surface area contributed by atoms with Gasteiger partial charge in [0.25, 0.3) is 0 Å². The topological polar surface area (TPSA) is 56.8 Å². The number of amides is 1. The van der Waals surface area contributed by atoms with Gasteiger partial charge in [-0.15, -0.1) is 0 Å². The van der Waals surface area contributed by atoms with Crippen LogP contribution in [0.25, 0.3) is 6.08 Å². The first-order chi connectivity index (χ1) is 13.9. The Hall–Kier alpha value is -3.23. The van der Waals surface area contributed by atoms with E-state index in [0.717, 1.165) is 23.8 Å². The molecule has 156 valence electrons. The predicted molar refractivity (Wildman–Crippen MR) is 98.2 cm³/mol. The molecule has 2 aromatic rings. The highest BCUT2D eigenvalue weighted by Crippen LogP contribution is 2.28. The van der Waals surface area contributed by atoms with Gasteiger partial charge < -0.3 is 19.5 Å². The fraction of sp³-hybridized carbons (Fsp3) is 0.250. The molecule has 0 aliphatic heterocycles. The van der Waals surface area contributed by atoms with Gasteiger partial charge >= 0.3 is 13.2 Å². The number of alkyl halides is 4. The molecule has 29 heavy (non-hydrogen) atoms. The first kappa shape index (κ1) is 22.1. The van der Waals surface area contributed by atoms with E-state index >= 15 is 0 Å². The van der Waals surface area contributed by atoms with Crippen molar-refractivity contribution >= 4 is 12.0 Å². The lowest BCUT2D eigenvalue weighted by atomic mass is 10.1. The Kier molecular flexibility index (Phi) is 8.32. The summed E-state index contributed by atoms with van der Waals surface area (Å²) in [7, 11) is 0. The number of nitrogens with one attached hydrogen (secondary N) is 1. The maximum atomic E-state index is 12.6. The third-order valence-electron chi connectivity index (χ3n) is 3.57. The summed E-state index contributed by atoms with van der Waals surface area (Å²) in [6.07, 6.45) is 2.35. The second-order valence-corrected chi connectivity index (χ2v) is 5.55. The van der Waals surface area contributed by atoms with Gasteiger partial charge in [0.05, 0.1) is 6.61 Å². The van der Waals surface area contributed by atoms with Crippen molar-refractivity contribution < 1.29 is 36.6 Å². The van der Waals surface area contributed by atoms with E-state index in [2.05, 4.69) is 14.8 Å². The average molecular weight is 413 g/mol. The van der Waals surface area contributed by atoms with Crippen LogP contribution in [0.4, 0.5) is 17.6 Å². The summed E-state index contributed by atoms with van der Waals surface area (Å²) in [5.41, 5.74) is 0.864. The SMILES string of the molecule is CCOc1ccccc1CNC(=O)C=Cc1ccc(OC(F)F)cc1OC(F)F. The second kappa shape index (κ2) is 10.9. The van der Waals surface area contributed by atoms with Gasteiger partial charge in [0.1, 0.15) is 17.2 Å². The van der Waals surface area contributed by atoms with Crippen molar-refractivity contribution in [2.24, 2.45) is 0 Å². The molecule has 0 bridgehead atoms. The van der Waals surface area contributed by atoms with Crippen LogP contribution in [0.2, 0.25) is 0 Å². The lowest BCUT2D eigenvalue weighted by Gasteiger charge is -2.11. The minimum Gasteiger partial charge on any atom is -0.494 e. The van der Waals surface area contributed by atoms with Crippen molar-refractivity contribution in [3.63, 3.8) is 0 Å². The largest absolute Gasteiger partial charge is 0.494 e. The van der Waals surface area contributed by atoms with Crippen LogP contribution in [0.1, 0.15) is 18.1 Å². The lowest BCUT2D eigenvalue weighted by molar-refractivity contribution is -0.116. The molecule has 0 aliphatic rings. The van der Waals surface area contributed by atoms with Crippen molar-refractivity contribution in [3.05, 3.63) is 59.7 Å². The van der Waals surface area contributed by atoms with Gasteiger partial charge in [-0.1, -0.05) is 18.2 Å². The third kappa shape index (κ3) is 7.36. The average Bonchev–Trinajstić information content (AvgIpc) is 2.66. The number of carbonyl (C=O) groups excluding carboxylic acids is 1. The molecule has 0 radical (unpaired) electrons. The first-order valence-corrected chi connectivity index (χ1v) is 8.59. The number of para-hydroxylation sites is 1. The molecule has 0 atom stereocenters. The van der Waals surface area contributed by atoms with Crippen LogP contribution < -0.4 is 19.5 Å². The molecule has 2 rings (SSSR count). The molecule has 0 saturated heterocycles. The van der Waals surface area contributed by atoms with Gasteiger partial charge in [-0.05, 0) is 31.2 Å². The zero-order valence-corrected chi connectivity index (χ0v) is 15.4. The normalized spacial score (nSPS) is 11.1. The monoisotopic (exact) mass is 413 g/mol. The van der Waals surface area contributed by atoms with E-state index in [0.29, 0.717) is 12.4 Å². The minimum absolute atomic E-state index is 0.0942. The molecule has 1 amide bonds. The molecule has 0 unspecified atom stereocenters. The van der Waals surface area contributed by atoms with Crippen LogP contribution in [0.3, 0.4) is 0 Å². The molecule has 0 aliphatic carbocycles. The maximum absolute atomic E-state index is 12.6. The molecule has 9 heteroatoms. The first-order valence-electron chi connectivity index (χ1n) is 8.59. The second-order valence-electron chi connectivity index (χ2n) is 5.55. The Morgan fingerprint density at radius 1 is 1.03 bits per heavy atom. The fourth-order valence-corrected chi connectivity index (χ4v) is 2.38. The van der Waals surface area contributed by atoms with Crippen molar-refractivity contribution in [1.29, 1.82) is 0 Å². The van der Waals surface area contributed by atoms with Gasteiger partial charge in [-0.2, -0.15) is 17.6 Å². The van der Waals surface area contributed by atoms with Gasteiger partial charge in [0.2, 0.25) is 5.91 Å². The van der Waals surface area contributed by atoms with Gasteiger partial charge in [-0.25, -0.2) is 0 Å². The molecule has 0 fully saturated rings. The van der Waals surface area contributed by atoms with E-state index in [-0.39, 0.29) is 17.9 Å². The Labute approximate surface area is 164 Å². The van der Waals surface area contributed by atoms with E-state index in [9.17, 15) is 22.4 Å². The summed E-state index contributed by atoms with van der Waals surface area (Å²) in [5, 5.41) is 2.65. The van der Waals surface area contributed by atoms with Gasteiger partial charge in [0, 0.05) is 29.8 Å². The Balaban J connectivity index is 2.07. The maximum Gasteiger partial charge on any atom is 0.387 e. The molecule has 2 aromatic carbocycles. The zero-order valence-electron chi connectivity index (χ0n) is 15.4. The highest BCUT2D eigenvalue weighted by Gasteiger charge is 2.12. The predicted octanol–water partition coefficient (Wildman–Crippen LogP) is 4.62. The quantitative estimate of drug-likeness (QED) is 0.456. The van der Waals surface area contributed by atoms with E-state index in [1.165, 1.54) is 12.1 Å². The summed E-state index contributed by atoms with van der Waals surface area (Å²) in [6.45, 7) is -3.77. The molecular weight excluding hydrogens is 394 g/mol. The number of ether oxygens (including phenoxy) is 3. The highest BCUT2D eigenvalue weighted by molar-refractivity contribution is 5.92. The summed E-state index contributed by atoms with van der Waals surface area (Å²) in [6, 6.07) is 10.5. The van der Waals surface area contributed by atoms with Gasteiger partial charge in [-0.3, -0.25) is 4.79 Å². The van der Waals surface area contributed by atoms with Crippen LogP contribution in [0.5, 0.6) is 17.2 Å². The standard InChI is InChI=1S/C20H19F4NO4/c1-2-27-16-6-4-3-5-14(16)12-25-18(26)10-8-13-7-9-15(28-19(21)22)11-17(13)29-20(23)24/h3-11,19-20H,2,12H2,1H3,(H,25,26). The van der Waals surface area contributed by atoms with E-state index in [1.807, 2.05) is 13.0 Å². The van der Waals surface area contributed by atoms with Crippen molar-refractivity contribution in [1.82, 2.24) is 5.32 Å². The van der Waals surface area contributed by atoms with Crippen LogP contribution in [0, 0.1) is 0 Å². The Morgan fingerprint density at radius 3 is 2.45 bits per heavy atom. The Bertz CT molecular complexity index is 843. The smallest absolute Gasteiger partial charge is 0.387 e. The molecule has 0 saturated carbocycles. The summed E-state index contributed by atoms with van der Waals surface area (Å²) in [5.74, 6) is -0.595. The molecule has 0 heterocycles. The van der Waals surface area contributed by atoms with Crippen molar-refractivity contribution in [2.75, 3.05) is 6.61 Å². The van der Waals surface area contributed by atoms with E-state index in [1.54, 1.807) is 18.2 Å². The summed E-state index contributed by atoms with van der Waals surface area (Å²) in [4.78, 5) is 12.1. The number of hydrogen-bond acceptors (Lipinski definition) is 4. The minimum atomic E-state index is -3.17. The molecular formula is C20H19F4NO4. The van der Waals surface area contributed by atoms with E-state index < -0.39 is 24.9 Å². The van der Waals surface area contributed by atoms with Gasteiger partial charge in [0.15, 0.2) is 0 Å². The van der Waals surface area contributed by atoms with Crippen molar-refractivity contribution in [3.8, 4) is 17.2 Å². The molecule has 0 aromatic heterocycles. The number of rotatable bonds is 10. The van der Waals surface area contributed by atoms with Crippen LogP contribution in [-0.2, 0) is 11.3 Å². The number of benzene rings is 2. The van der Waals surface area contributed by atoms with E-state index in [4.69, 9.17) is 4.74 Å².